The normalized spacial score (nSPS) is 14.8. The zero-order valence-corrected chi connectivity index (χ0v) is 11.2. The van der Waals surface area contributed by atoms with Crippen LogP contribution >= 0.6 is 0 Å². The molecule has 1 saturated carbocycles. The van der Waals surface area contributed by atoms with Crippen LogP contribution in [-0.4, -0.2) is 19.8 Å². The lowest BCUT2D eigenvalue weighted by Crippen LogP contribution is -2.06. The highest BCUT2D eigenvalue weighted by molar-refractivity contribution is 5.37. The lowest BCUT2D eigenvalue weighted by atomic mass is 10.1. The predicted octanol–water partition coefficient (Wildman–Crippen LogP) is 2.51. The van der Waals surface area contributed by atoms with Crippen LogP contribution < -0.4 is 10.5 Å². The Morgan fingerprint density at radius 2 is 2.17 bits per heavy atom. The molecule has 0 saturated heterocycles. The third-order valence-corrected chi connectivity index (χ3v) is 3.16. The summed E-state index contributed by atoms with van der Waals surface area (Å²) < 4.78 is 11.3. The Balaban J connectivity index is 1.94. The number of hydrogen-bond acceptors (Lipinski definition) is 3. The molecule has 0 bridgehead atoms. The molecule has 0 heterocycles. The molecule has 1 fully saturated rings. The van der Waals surface area contributed by atoms with Crippen LogP contribution in [-0.2, 0) is 17.8 Å². The maximum atomic E-state index is 5.70. The molecular formula is C15H23NO2. The van der Waals surface area contributed by atoms with Gasteiger partial charge in [0.25, 0.3) is 0 Å². The second kappa shape index (κ2) is 6.76. The summed E-state index contributed by atoms with van der Waals surface area (Å²) in [6, 6.07) is 6.27. The average molecular weight is 249 g/mol. The summed E-state index contributed by atoms with van der Waals surface area (Å²) in [5, 5.41) is 0. The largest absolute Gasteiger partial charge is 0.494 e. The molecular weight excluding hydrogens is 226 g/mol. The van der Waals surface area contributed by atoms with Crippen molar-refractivity contribution in [2.24, 2.45) is 11.7 Å². The standard InChI is InChI=1S/C15H23NO2/c1-2-18-15-6-5-13(9-14(15)7-8-16)11-17-10-12-3-4-12/h5-6,9,12H,2-4,7-8,10-11,16H2,1H3. The van der Waals surface area contributed by atoms with Crippen LogP contribution in [0.4, 0.5) is 0 Å². The fraction of sp³-hybridized carbons (Fsp3) is 0.600. The first-order valence-corrected chi connectivity index (χ1v) is 6.86. The molecule has 1 aromatic carbocycles. The van der Waals surface area contributed by atoms with Crippen molar-refractivity contribution in [3.05, 3.63) is 29.3 Å². The topological polar surface area (TPSA) is 44.5 Å². The van der Waals surface area contributed by atoms with Crippen molar-refractivity contribution in [3.8, 4) is 5.75 Å². The minimum atomic E-state index is 0.645. The van der Waals surface area contributed by atoms with Crippen molar-refractivity contribution in [3.63, 3.8) is 0 Å². The molecule has 3 heteroatoms. The Hall–Kier alpha value is -1.06. The molecule has 0 amide bonds. The molecule has 0 aromatic heterocycles. The van der Waals surface area contributed by atoms with Gasteiger partial charge in [0.1, 0.15) is 5.75 Å². The molecule has 0 unspecified atom stereocenters. The van der Waals surface area contributed by atoms with Gasteiger partial charge in [-0.2, -0.15) is 0 Å². The first-order chi connectivity index (χ1) is 8.83. The summed E-state index contributed by atoms with van der Waals surface area (Å²) in [6.07, 6.45) is 3.52. The zero-order chi connectivity index (χ0) is 12.8. The zero-order valence-electron chi connectivity index (χ0n) is 11.2. The molecule has 18 heavy (non-hydrogen) atoms. The quantitative estimate of drug-likeness (QED) is 0.770. The maximum Gasteiger partial charge on any atom is 0.122 e. The molecule has 2 rings (SSSR count). The lowest BCUT2D eigenvalue weighted by molar-refractivity contribution is 0.111. The smallest absolute Gasteiger partial charge is 0.122 e. The van der Waals surface area contributed by atoms with Gasteiger partial charge in [-0.15, -0.1) is 0 Å². The van der Waals surface area contributed by atoms with Crippen LogP contribution in [0.2, 0.25) is 0 Å². The van der Waals surface area contributed by atoms with E-state index < -0.39 is 0 Å². The van der Waals surface area contributed by atoms with E-state index in [0.717, 1.165) is 24.7 Å². The van der Waals surface area contributed by atoms with E-state index in [4.69, 9.17) is 15.2 Å². The van der Waals surface area contributed by atoms with E-state index in [-0.39, 0.29) is 0 Å². The van der Waals surface area contributed by atoms with Gasteiger partial charge in [-0.1, -0.05) is 6.07 Å². The summed E-state index contributed by atoms with van der Waals surface area (Å²) in [5.74, 6) is 1.77. The number of ether oxygens (including phenoxy) is 2. The fourth-order valence-electron chi connectivity index (χ4n) is 2.00. The van der Waals surface area contributed by atoms with Crippen molar-refractivity contribution in [2.75, 3.05) is 19.8 Å². The van der Waals surface area contributed by atoms with Crippen molar-refractivity contribution < 1.29 is 9.47 Å². The highest BCUT2D eigenvalue weighted by Gasteiger charge is 2.21. The molecule has 0 atom stereocenters. The molecule has 0 aliphatic heterocycles. The van der Waals surface area contributed by atoms with Gasteiger partial charge in [-0.3, -0.25) is 0 Å². The van der Waals surface area contributed by atoms with Crippen molar-refractivity contribution >= 4 is 0 Å². The Morgan fingerprint density at radius 1 is 1.33 bits per heavy atom. The van der Waals surface area contributed by atoms with Gasteiger partial charge >= 0.3 is 0 Å². The van der Waals surface area contributed by atoms with Crippen molar-refractivity contribution in [1.82, 2.24) is 0 Å². The molecule has 0 spiro atoms. The number of hydrogen-bond donors (Lipinski definition) is 1. The van der Waals surface area contributed by atoms with Crippen LogP contribution in [0.1, 0.15) is 30.9 Å². The molecule has 1 aromatic rings. The monoisotopic (exact) mass is 249 g/mol. The first kappa shape index (κ1) is 13.4. The van der Waals surface area contributed by atoms with Crippen LogP contribution in [0.3, 0.4) is 0 Å². The number of benzene rings is 1. The Kier molecular flexibility index (Phi) is 5.02. The second-order valence-electron chi connectivity index (χ2n) is 4.87. The summed E-state index contributed by atoms with van der Waals surface area (Å²) in [4.78, 5) is 0. The van der Waals surface area contributed by atoms with Crippen LogP contribution in [0.25, 0.3) is 0 Å². The minimum absolute atomic E-state index is 0.645. The fourth-order valence-corrected chi connectivity index (χ4v) is 2.00. The van der Waals surface area contributed by atoms with E-state index in [1.807, 2.05) is 13.0 Å². The van der Waals surface area contributed by atoms with Crippen LogP contribution in [0, 0.1) is 5.92 Å². The van der Waals surface area contributed by atoms with Gasteiger partial charge in [0.2, 0.25) is 0 Å². The van der Waals surface area contributed by atoms with Gasteiger partial charge in [-0.25, -0.2) is 0 Å². The Morgan fingerprint density at radius 3 is 2.83 bits per heavy atom. The highest BCUT2D eigenvalue weighted by atomic mass is 16.5. The van der Waals surface area contributed by atoms with Crippen molar-refractivity contribution in [1.29, 1.82) is 0 Å². The lowest BCUT2D eigenvalue weighted by Gasteiger charge is -2.12. The number of nitrogens with two attached hydrogens (primary N) is 1. The summed E-state index contributed by atoms with van der Waals surface area (Å²) >= 11 is 0. The predicted molar refractivity (Wildman–Crippen MR) is 72.7 cm³/mol. The first-order valence-electron chi connectivity index (χ1n) is 6.86. The van der Waals surface area contributed by atoms with Crippen LogP contribution in [0.15, 0.2) is 18.2 Å². The highest BCUT2D eigenvalue weighted by Crippen LogP contribution is 2.29. The van der Waals surface area contributed by atoms with E-state index in [1.54, 1.807) is 0 Å². The summed E-state index contributed by atoms with van der Waals surface area (Å²) in [5.41, 5.74) is 8.03. The van der Waals surface area contributed by atoms with E-state index in [0.29, 0.717) is 19.8 Å². The second-order valence-corrected chi connectivity index (χ2v) is 4.87. The molecule has 2 N–H and O–H groups in total. The van der Waals surface area contributed by atoms with E-state index in [2.05, 4.69) is 12.1 Å². The Labute approximate surface area is 109 Å². The number of rotatable bonds is 8. The molecule has 3 nitrogen and oxygen atoms in total. The molecule has 100 valence electrons. The third-order valence-electron chi connectivity index (χ3n) is 3.16. The van der Waals surface area contributed by atoms with Crippen molar-refractivity contribution in [2.45, 2.75) is 32.8 Å². The summed E-state index contributed by atoms with van der Waals surface area (Å²) in [7, 11) is 0. The maximum absolute atomic E-state index is 5.70. The van der Waals surface area contributed by atoms with E-state index >= 15 is 0 Å². The SMILES string of the molecule is CCOc1ccc(COCC2CC2)cc1CCN. The third kappa shape index (κ3) is 4.00. The van der Waals surface area contributed by atoms with Gasteiger partial charge < -0.3 is 15.2 Å². The van der Waals surface area contributed by atoms with E-state index in [9.17, 15) is 0 Å². The van der Waals surface area contributed by atoms with Gasteiger partial charge in [0.15, 0.2) is 0 Å². The van der Waals surface area contributed by atoms with Crippen LogP contribution in [0.5, 0.6) is 5.75 Å². The Bertz CT molecular complexity index is 375. The minimum Gasteiger partial charge on any atom is -0.494 e. The molecule has 1 aliphatic carbocycles. The van der Waals surface area contributed by atoms with Gasteiger partial charge in [0, 0.05) is 6.61 Å². The summed E-state index contributed by atoms with van der Waals surface area (Å²) in [6.45, 7) is 4.93. The van der Waals surface area contributed by atoms with E-state index in [1.165, 1.54) is 24.0 Å². The molecule has 0 radical (unpaired) electrons. The average Bonchev–Trinajstić information content (AvgIpc) is 3.17. The van der Waals surface area contributed by atoms with Gasteiger partial charge in [-0.05, 0) is 61.9 Å². The van der Waals surface area contributed by atoms with Gasteiger partial charge in [0.05, 0.1) is 13.2 Å². The molecule has 1 aliphatic rings.